The Morgan fingerprint density at radius 3 is 2.59 bits per heavy atom. The van der Waals surface area contributed by atoms with Gasteiger partial charge in [0.15, 0.2) is 11.5 Å². The molecular formula is C19H15F2N5S. The van der Waals surface area contributed by atoms with E-state index < -0.39 is 11.6 Å². The predicted octanol–water partition coefficient (Wildman–Crippen LogP) is 4.30. The van der Waals surface area contributed by atoms with Crippen LogP contribution in [0.25, 0.3) is 17.0 Å². The van der Waals surface area contributed by atoms with Crippen LogP contribution in [0.1, 0.15) is 18.4 Å². The minimum absolute atomic E-state index is 0.0631. The summed E-state index contributed by atoms with van der Waals surface area (Å²) in [5.41, 5.74) is 1.64. The molecule has 3 heterocycles. The van der Waals surface area contributed by atoms with Gasteiger partial charge < -0.3 is 4.90 Å². The summed E-state index contributed by atoms with van der Waals surface area (Å²) in [7, 11) is 0. The van der Waals surface area contributed by atoms with Crippen molar-refractivity contribution in [2.45, 2.75) is 25.4 Å². The minimum atomic E-state index is -0.537. The van der Waals surface area contributed by atoms with Gasteiger partial charge >= 0.3 is 0 Å². The van der Waals surface area contributed by atoms with E-state index in [1.807, 2.05) is 33.9 Å². The molecule has 0 radical (unpaired) electrons. The first-order valence-corrected chi connectivity index (χ1v) is 9.59. The van der Waals surface area contributed by atoms with Gasteiger partial charge in [-0.1, -0.05) is 6.07 Å². The zero-order chi connectivity index (χ0) is 18.4. The van der Waals surface area contributed by atoms with Crippen molar-refractivity contribution in [3.05, 3.63) is 64.4 Å². The van der Waals surface area contributed by atoms with E-state index in [9.17, 15) is 8.78 Å². The van der Waals surface area contributed by atoms with Crippen LogP contribution in [0.4, 0.5) is 14.6 Å². The van der Waals surface area contributed by atoms with Crippen LogP contribution in [0.2, 0.25) is 0 Å². The minimum Gasteiger partial charge on any atom is -0.348 e. The lowest BCUT2D eigenvalue weighted by molar-refractivity contribution is 0.548. The Hall–Kier alpha value is -2.87. The molecule has 0 saturated heterocycles. The molecule has 1 aromatic carbocycles. The van der Waals surface area contributed by atoms with Gasteiger partial charge in [-0.05, 0) is 48.6 Å². The van der Waals surface area contributed by atoms with Crippen molar-refractivity contribution in [2.75, 3.05) is 4.90 Å². The molecule has 1 saturated carbocycles. The summed E-state index contributed by atoms with van der Waals surface area (Å²) < 4.78 is 30.0. The van der Waals surface area contributed by atoms with Gasteiger partial charge in [0.1, 0.15) is 17.5 Å². The largest absolute Gasteiger partial charge is 0.348 e. The molecule has 27 heavy (non-hydrogen) atoms. The standard InChI is InChI=1S/C19H15F2N5S/c20-15-2-1-3-16(21)14(15)10-25(13-4-5-13)18-7-6-17-22-23-19(26(17)24-18)12-8-9-27-11-12/h1-3,6-9,11,13H,4-5,10H2. The lowest BCUT2D eigenvalue weighted by Crippen LogP contribution is -2.27. The van der Waals surface area contributed by atoms with E-state index in [4.69, 9.17) is 0 Å². The van der Waals surface area contributed by atoms with Crippen LogP contribution in [0.3, 0.4) is 0 Å². The highest BCUT2D eigenvalue weighted by molar-refractivity contribution is 7.08. The van der Waals surface area contributed by atoms with E-state index in [1.165, 1.54) is 18.2 Å². The SMILES string of the molecule is Fc1cccc(F)c1CN(c1ccc2nnc(-c3ccsc3)n2n1)C1CC1. The Kier molecular flexibility index (Phi) is 3.86. The van der Waals surface area contributed by atoms with Crippen molar-refractivity contribution < 1.29 is 8.78 Å². The second-order valence-electron chi connectivity index (χ2n) is 6.56. The molecule has 1 aliphatic rings. The lowest BCUT2D eigenvalue weighted by atomic mass is 10.2. The molecule has 5 nitrogen and oxygen atoms in total. The highest BCUT2D eigenvalue weighted by Crippen LogP contribution is 2.33. The Balaban J connectivity index is 1.57. The molecule has 4 aromatic rings. The fourth-order valence-corrected chi connectivity index (χ4v) is 3.78. The first kappa shape index (κ1) is 16.3. The summed E-state index contributed by atoms with van der Waals surface area (Å²) in [6.45, 7) is 0.136. The fourth-order valence-electron chi connectivity index (χ4n) is 3.14. The molecule has 0 spiro atoms. The fraction of sp³-hybridized carbons (Fsp3) is 0.211. The molecule has 136 valence electrons. The number of fused-ring (bicyclic) bond motifs is 1. The van der Waals surface area contributed by atoms with Crippen LogP contribution in [0, 0.1) is 11.6 Å². The van der Waals surface area contributed by atoms with Crippen LogP contribution in [-0.2, 0) is 6.54 Å². The number of thiophene rings is 1. The Bertz CT molecular complexity index is 1080. The third-order valence-electron chi connectivity index (χ3n) is 4.70. The second-order valence-corrected chi connectivity index (χ2v) is 7.34. The van der Waals surface area contributed by atoms with Gasteiger partial charge in [0.2, 0.25) is 0 Å². The van der Waals surface area contributed by atoms with Gasteiger partial charge in [0, 0.05) is 22.5 Å². The van der Waals surface area contributed by atoms with E-state index in [-0.39, 0.29) is 18.2 Å². The predicted molar refractivity (Wildman–Crippen MR) is 99.7 cm³/mol. The van der Waals surface area contributed by atoms with Crippen molar-refractivity contribution in [1.82, 2.24) is 19.8 Å². The monoisotopic (exact) mass is 383 g/mol. The third-order valence-corrected chi connectivity index (χ3v) is 5.38. The highest BCUT2D eigenvalue weighted by atomic mass is 32.1. The smallest absolute Gasteiger partial charge is 0.186 e. The number of anilines is 1. The van der Waals surface area contributed by atoms with Crippen molar-refractivity contribution in [3.63, 3.8) is 0 Å². The van der Waals surface area contributed by atoms with Crippen LogP contribution in [0.15, 0.2) is 47.2 Å². The number of benzene rings is 1. The van der Waals surface area contributed by atoms with Gasteiger partial charge in [0.25, 0.3) is 0 Å². The van der Waals surface area contributed by atoms with Crippen LogP contribution in [-0.4, -0.2) is 25.9 Å². The summed E-state index contributed by atoms with van der Waals surface area (Å²) in [5, 5.41) is 17.0. The Morgan fingerprint density at radius 2 is 1.89 bits per heavy atom. The second kappa shape index (κ2) is 6.38. The van der Waals surface area contributed by atoms with Crippen molar-refractivity contribution in [3.8, 4) is 11.4 Å². The average molecular weight is 383 g/mol. The van der Waals surface area contributed by atoms with Crippen molar-refractivity contribution in [2.24, 2.45) is 0 Å². The molecule has 0 amide bonds. The molecular weight excluding hydrogens is 368 g/mol. The van der Waals surface area contributed by atoms with E-state index in [0.29, 0.717) is 17.3 Å². The number of nitrogens with zero attached hydrogens (tertiary/aromatic N) is 5. The zero-order valence-electron chi connectivity index (χ0n) is 14.2. The molecule has 1 fully saturated rings. The molecule has 3 aromatic heterocycles. The summed E-state index contributed by atoms with van der Waals surface area (Å²) in [5.74, 6) is 0.236. The van der Waals surface area contributed by atoms with Crippen LogP contribution >= 0.6 is 11.3 Å². The Labute approximate surface area is 157 Å². The van der Waals surface area contributed by atoms with E-state index in [0.717, 1.165) is 18.4 Å². The summed E-state index contributed by atoms with van der Waals surface area (Å²) in [6, 6.07) is 9.81. The van der Waals surface area contributed by atoms with Crippen molar-refractivity contribution in [1.29, 1.82) is 0 Å². The molecule has 5 rings (SSSR count). The number of hydrogen-bond donors (Lipinski definition) is 0. The number of aromatic nitrogens is 4. The maximum atomic E-state index is 14.2. The molecule has 0 N–H and O–H groups in total. The third kappa shape index (κ3) is 2.95. The van der Waals surface area contributed by atoms with Crippen LogP contribution in [0.5, 0.6) is 0 Å². The molecule has 1 aliphatic carbocycles. The summed E-state index contributed by atoms with van der Waals surface area (Å²) in [4.78, 5) is 1.96. The summed E-state index contributed by atoms with van der Waals surface area (Å²) in [6.07, 6.45) is 1.96. The number of halogens is 2. The van der Waals surface area contributed by atoms with E-state index in [1.54, 1.807) is 15.9 Å². The van der Waals surface area contributed by atoms with Crippen molar-refractivity contribution >= 4 is 22.8 Å². The Morgan fingerprint density at radius 1 is 1.07 bits per heavy atom. The van der Waals surface area contributed by atoms with Gasteiger partial charge in [-0.3, -0.25) is 0 Å². The summed E-state index contributed by atoms with van der Waals surface area (Å²) >= 11 is 1.57. The molecule has 0 bridgehead atoms. The average Bonchev–Trinajstić information content (AvgIpc) is 3.19. The topological polar surface area (TPSA) is 46.3 Å². The normalized spacial score (nSPS) is 14.0. The number of rotatable bonds is 5. The highest BCUT2D eigenvalue weighted by Gasteiger charge is 2.31. The number of hydrogen-bond acceptors (Lipinski definition) is 5. The first-order valence-electron chi connectivity index (χ1n) is 8.65. The quantitative estimate of drug-likeness (QED) is 0.516. The van der Waals surface area contributed by atoms with Crippen LogP contribution < -0.4 is 4.90 Å². The molecule has 0 unspecified atom stereocenters. The van der Waals surface area contributed by atoms with E-state index >= 15 is 0 Å². The van der Waals surface area contributed by atoms with Gasteiger partial charge in [-0.2, -0.15) is 15.9 Å². The van der Waals surface area contributed by atoms with Gasteiger partial charge in [-0.15, -0.1) is 15.3 Å². The van der Waals surface area contributed by atoms with Gasteiger partial charge in [-0.25, -0.2) is 8.78 Å². The van der Waals surface area contributed by atoms with E-state index in [2.05, 4.69) is 15.3 Å². The maximum absolute atomic E-state index is 14.2. The maximum Gasteiger partial charge on any atom is 0.186 e. The zero-order valence-corrected chi connectivity index (χ0v) is 15.0. The van der Waals surface area contributed by atoms with Gasteiger partial charge in [0.05, 0.1) is 6.54 Å². The lowest BCUT2D eigenvalue weighted by Gasteiger charge is -2.24. The molecule has 0 atom stereocenters. The first-order chi connectivity index (χ1) is 13.2. The molecule has 8 heteroatoms. The molecule has 0 aliphatic heterocycles.